The van der Waals surface area contributed by atoms with Gasteiger partial charge in [0.05, 0.1) is 17.8 Å². The Morgan fingerprint density at radius 2 is 1.83 bits per heavy atom. The van der Waals surface area contributed by atoms with E-state index in [2.05, 4.69) is 48.5 Å². The summed E-state index contributed by atoms with van der Waals surface area (Å²) >= 11 is 0. The highest BCUT2D eigenvalue weighted by Gasteiger charge is 2.17. The molecule has 5 heteroatoms. The van der Waals surface area contributed by atoms with Crippen LogP contribution in [-0.2, 0) is 4.79 Å². The van der Waals surface area contributed by atoms with Crippen molar-refractivity contribution in [1.29, 1.82) is 0 Å². The van der Waals surface area contributed by atoms with Crippen LogP contribution in [0, 0.1) is 11.8 Å². The van der Waals surface area contributed by atoms with E-state index in [9.17, 15) is 9.90 Å². The fourth-order valence-electron chi connectivity index (χ4n) is 2.45. The van der Waals surface area contributed by atoms with Gasteiger partial charge in [0.2, 0.25) is 0 Å². The van der Waals surface area contributed by atoms with Crippen LogP contribution < -0.4 is 9.80 Å². The third kappa shape index (κ3) is 6.08. The molecule has 0 aliphatic carbocycles. The average Bonchev–Trinajstić information content (AvgIpc) is 2.52. The molecule has 1 aromatic heterocycles. The second-order valence-corrected chi connectivity index (χ2v) is 6.41. The van der Waals surface area contributed by atoms with Crippen LogP contribution in [0.2, 0.25) is 0 Å². The maximum atomic E-state index is 11.2. The maximum Gasteiger partial charge on any atom is 0.308 e. The Morgan fingerprint density at radius 1 is 1.17 bits per heavy atom. The zero-order valence-electron chi connectivity index (χ0n) is 15.1. The van der Waals surface area contributed by atoms with Crippen LogP contribution in [0.3, 0.4) is 0 Å². The molecule has 1 rings (SSSR count). The van der Waals surface area contributed by atoms with Crippen LogP contribution in [0.5, 0.6) is 0 Å². The van der Waals surface area contributed by atoms with Crippen molar-refractivity contribution in [2.75, 3.05) is 36.0 Å². The number of aromatic nitrogens is 1. The van der Waals surface area contributed by atoms with Gasteiger partial charge >= 0.3 is 5.97 Å². The van der Waals surface area contributed by atoms with Crippen LogP contribution in [0.15, 0.2) is 18.3 Å². The number of hydrogen-bond acceptors (Lipinski definition) is 4. The van der Waals surface area contributed by atoms with Gasteiger partial charge < -0.3 is 14.9 Å². The van der Waals surface area contributed by atoms with Gasteiger partial charge in [-0.05, 0) is 38.3 Å². The molecule has 0 radical (unpaired) electrons. The van der Waals surface area contributed by atoms with Gasteiger partial charge in [-0.15, -0.1) is 0 Å². The molecule has 1 aromatic rings. The molecule has 5 nitrogen and oxygen atoms in total. The lowest BCUT2D eigenvalue weighted by Crippen LogP contribution is -2.33. The highest BCUT2D eigenvalue weighted by Crippen LogP contribution is 2.20. The molecule has 1 atom stereocenters. The summed E-state index contributed by atoms with van der Waals surface area (Å²) in [5.74, 6) is 0.395. The lowest BCUT2D eigenvalue weighted by atomic mass is 10.1. The smallest absolute Gasteiger partial charge is 0.308 e. The van der Waals surface area contributed by atoms with E-state index in [1.807, 2.05) is 12.3 Å². The van der Waals surface area contributed by atoms with Gasteiger partial charge in [0.1, 0.15) is 5.82 Å². The summed E-state index contributed by atoms with van der Waals surface area (Å²) in [7, 11) is 0. The molecule has 0 amide bonds. The number of pyridine rings is 1. The monoisotopic (exact) mass is 321 g/mol. The lowest BCUT2D eigenvalue weighted by molar-refractivity contribution is -0.140. The third-order valence-corrected chi connectivity index (χ3v) is 4.08. The minimum absolute atomic E-state index is 0.398. The first kappa shape index (κ1) is 19.3. The summed E-state index contributed by atoms with van der Waals surface area (Å²) in [6.45, 7) is 13.6. The summed E-state index contributed by atoms with van der Waals surface area (Å²) in [6.07, 6.45) is 2.90. The van der Waals surface area contributed by atoms with Crippen LogP contribution in [0.4, 0.5) is 11.5 Å². The molecule has 1 heterocycles. The molecule has 0 fully saturated rings. The van der Waals surface area contributed by atoms with Crippen LogP contribution in [0.1, 0.15) is 41.0 Å². The molecular weight excluding hydrogens is 290 g/mol. The minimum atomic E-state index is -0.757. The third-order valence-electron chi connectivity index (χ3n) is 4.08. The van der Waals surface area contributed by atoms with E-state index in [-0.39, 0.29) is 0 Å². The SMILES string of the molecule is CCN(CC)c1ccc(N(CCC(C)C)CC(C)C(=O)O)cn1. The molecule has 1 N–H and O–H groups in total. The Bertz CT molecular complexity index is 470. The fourth-order valence-corrected chi connectivity index (χ4v) is 2.45. The first-order valence-corrected chi connectivity index (χ1v) is 8.57. The highest BCUT2D eigenvalue weighted by atomic mass is 16.4. The van der Waals surface area contributed by atoms with Crippen LogP contribution in [0.25, 0.3) is 0 Å². The van der Waals surface area contributed by atoms with Gasteiger partial charge in [0.15, 0.2) is 0 Å². The Labute approximate surface area is 140 Å². The molecule has 0 aromatic carbocycles. The highest BCUT2D eigenvalue weighted by molar-refractivity contribution is 5.70. The molecule has 0 bridgehead atoms. The molecule has 130 valence electrons. The first-order valence-electron chi connectivity index (χ1n) is 8.57. The van der Waals surface area contributed by atoms with Crippen molar-refractivity contribution in [2.24, 2.45) is 11.8 Å². The van der Waals surface area contributed by atoms with Crippen LogP contribution >= 0.6 is 0 Å². The second-order valence-electron chi connectivity index (χ2n) is 6.41. The number of aliphatic carboxylic acids is 1. The molecule has 0 aliphatic rings. The topological polar surface area (TPSA) is 56.7 Å². The van der Waals surface area contributed by atoms with Crippen molar-refractivity contribution in [3.05, 3.63) is 18.3 Å². The summed E-state index contributed by atoms with van der Waals surface area (Å²) in [5.41, 5.74) is 0.995. The van der Waals surface area contributed by atoms with Gasteiger partial charge in [-0.1, -0.05) is 20.8 Å². The molecule has 0 spiro atoms. The quantitative estimate of drug-likeness (QED) is 0.715. The van der Waals surface area contributed by atoms with E-state index < -0.39 is 11.9 Å². The normalized spacial score (nSPS) is 12.3. The van der Waals surface area contributed by atoms with E-state index >= 15 is 0 Å². The van der Waals surface area contributed by atoms with E-state index in [1.165, 1.54) is 0 Å². The van der Waals surface area contributed by atoms with Gasteiger partial charge in [-0.3, -0.25) is 4.79 Å². The number of nitrogens with zero attached hydrogens (tertiary/aromatic N) is 3. The zero-order valence-corrected chi connectivity index (χ0v) is 15.1. The van der Waals surface area contributed by atoms with Gasteiger partial charge in [-0.25, -0.2) is 4.98 Å². The van der Waals surface area contributed by atoms with Crippen molar-refractivity contribution in [3.63, 3.8) is 0 Å². The Hall–Kier alpha value is -1.78. The average molecular weight is 321 g/mol. The largest absolute Gasteiger partial charge is 0.481 e. The fraction of sp³-hybridized carbons (Fsp3) is 0.667. The number of rotatable bonds is 10. The molecule has 0 aliphatic heterocycles. The van der Waals surface area contributed by atoms with Crippen molar-refractivity contribution >= 4 is 17.5 Å². The molecular formula is C18H31N3O2. The van der Waals surface area contributed by atoms with E-state index in [1.54, 1.807) is 6.92 Å². The number of carbonyl (C=O) groups is 1. The van der Waals surface area contributed by atoms with E-state index in [4.69, 9.17) is 0 Å². The Morgan fingerprint density at radius 3 is 2.26 bits per heavy atom. The number of anilines is 2. The number of hydrogen-bond donors (Lipinski definition) is 1. The maximum absolute atomic E-state index is 11.2. The molecule has 23 heavy (non-hydrogen) atoms. The lowest BCUT2D eigenvalue weighted by Gasteiger charge is -2.28. The molecule has 0 saturated heterocycles. The van der Waals surface area contributed by atoms with Gasteiger partial charge in [0, 0.05) is 26.2 Å². The van der Waals surface area contributed by atoms with E-state index in [0.29, 0.717) is 12.5 Å². The van der Waals surface area contributed by atoms with Gasteiger partial charge in [-0.2, -0.15) is 0 Å². The number of carboxylic acids is 1. The summed E-state index contributed by atoms with van der Waals surface area (Å²) in [6, 6.07) is 4.08. The van der Waals surface area contributed by atoms with Crippen molar-refractivity contribution in [2.45, 2.75) is 41.0 Å². The van der Waals surface area contributed by atoms with Gasteiger partial charge in [0.25, 0.3) is 0 Å². The Kier molecular flexibility index (Phi) is 7.86. The predicted molar refractivity (Wildman–Crippen MR) is 96.3 cm³/mol. The van der Waals surface area contributed by atoms with Crippen molar-refractivity contribution < 1.29 is 9.90 Å². The summed E-state index contributed by atoms with van der Waals surface area (Å²) < 4.78 is 0. The number of carboxylic acid groups (broad SMARTS) is 1. The first-order chi connectivity index (χ1) is 10.9. The van der Waals surface area contributed by atoms with Crippen LogP contribution in [-0.4, -0.2) is 42.2 Å². The summed E-state index contributed by atoms with van der Waals surface area (Å²) in [4.78, 5) is 20.1. The zero-order chi connectivity index (χ0) is 17.4. The van der Waals surface area contributed by atoms with E-state index in [0.717, 1.165) is 37.6 Å². The predicted octanol–water partition coefficient (Wildman–Crippen LogP) is 3.50. The standard InChI is InChI=1S/C18H31N3O2/c1-6-20(7-2)17-9-8-16(12-19-17)21(11-10-14(3)4)13-15(5)18(22)23/h8-9,12,14-15H,6-7,10-11,13H2,1-5H3,(H,22,23). The Balaban J connectivity index is 2.89. The molecule has 0 saturated carbocycles. The van der Waals surface area contributed by atoms with Crippen molar-refractivity contribution in [1.82, 2.24) is 4.98 Å². The molecule has 1 unspecified atom stereocenters. The summed E-state index contributed by atoms with van der Waals surface area (Å²) in [5, 5.41) is 9.19. The van der Waals surface area contributed by atoms with Crippen molar-refractivity contribution in [3.8, 4) is 0 Å². The minimum Gasteiger partial charge on any atom is -0.481 e. The second kappa shape index (κ2) is 9.38.